The van der Waals surface area contributed by atoms with E-state index in [-0.39, 0.29) is 17.9 Å². The van der Waals surface area contributed by atoms with Crippen molar-refractivity contribution in [1.29, 1.82) is 0 Å². The van der Waals surface area contributed by atoms with Crippen molar-refractivity contribution < 1.29 is 19.1 Å². The zero-order valence-corrected chi connectivity index (χ0v) is 14.6. The van der Waals surface area contributed by atoms with Gasteiger partial charge < -0.3 is 21.1 Å². The van der Waals surface area contributed by atoms with Crippen molar-refractivity contribution in [1.82, 2.24) is 5.32 Å². The van der Waals surface area contributed by atoms with Crippen molar-refractivity contribution in [2.75, 3.05) is 12.4 Å². The summed E-state index contributed by atoms with van der Waals surface area (Å²) in [5.74, 6) is -0.805. The summed E-state index contributed by atoms with van der Waals surface area (Å²) in [5.41, 5.74) is 6.85. The summed E-state index contributed by atoms with van der Waals surface area (Å²) in [4.78, 5) is 35.7. The lowest BCUT2D eigenvalue weighted by Crippen LogP contribution is -2.46. The van der Waals surface area contributed by atoms with Crippen LogP contribution in [-0.2, 0) is 16.0 Å². The van der Waals surface area contributed by atoms with Crippen LogP contribution in [-0.4, -0.2) is 30.9 Å². The SMILES string of the molecule is COc1cccc(C[C@H](NC(=O)c2ccccc2NC(C)=O)C(N)=O)c1. The van der Waals surface area contributed by atoms with Crippen molar-refractivity contribution in [2.24, 2.45) is 5.73 Å². The lowest BCUT2D eigenvalue weighted by Gasteiger charge is -2.17. The molecular formula is C19H21N3O4. The smallest absolute Gasteiger partial charge is 0.254 e. The Kier molecular flexibility index (Phi) is 6.32. The summed E-state index contributed by atoms with van der Waals surface area (Å²) in [6.07, 6.45) is 0.223. The third kappa shape index (κ3) is 5.07. The van der Waals surface area contributed by atoms with Crippen LogP contribution in [0.25, 0.3) is 0 Å². The Balaban J connectivity index is 2.18. The molecule has 0 saturated carbocycles. The van der Waals surface area contributed by atoms with Crippen molar-refractivity contribution in [3.8, 4) is 5.75 Å². The lowest BCUT2D eigenvalue weighted by atomic mass is 10.0. The number of para-hydroxylation sites is 1. The molecule has 136 valence electrons. The van der Waals surface area contributed by atoms with Gasteiger partial charge >= 0.3 is 0 Å². The molecule has 3 amide bonds. The minimum atomic E-state index is -0.903. The minimum absolute atomic E-state index is 0.223. The Morgan fingerprint density at radius 2 is 1.85 bits per heavy atom. The van der Waals surface area contributed by atoms with Gasteiger partial charge in [-0.05, 0) is 29.8 Å². The first-order valence-corrected chi connectivity index (χ1v) is 8.00. The van der Waals surface area contributed by atoms with Gasteiger partial charge in [-0.25, -0.2) is 0 Å². The minimum Gasteiger partial charge on any atom is -0.497 e. The number of hydrogen-bond donors (Lipinski definition) is 3. The maximum Gasteiger partial charge on any atom is 0.254 e. The molecule has 4 N–H and O–H groups in total. The van der Waals surface area contributed by atoms with Crippen LogP contribution in [0.4, 0.5) is 5.69 Å². The van der Waals surface area contributed by atoms with E-state index in [2.05, 4.69) is 10.6 Å². The molecule has 1 atom stereocenters. The van der Waals surface area contributed by atoms with Crippen LogP contribution in [0.5, 0.6) is 5.75 Å². The number of anilines is 1. The van der Waals surface area contributed by atoms with Crippen LogP contribution < -0.4 is 21.1 Å². The maximum atomic E-state index is 12.6. The third-order valence-corrected chi connectivity index (χ3v) is 3.71. The van der Waals surface area contributed by atoms with Gasteiger partial charge in [-0.1, -0.05) is 24.3 Å². The van der Waals surface area contributed by atoms with Crippen LogP contribution in [0.3, 0.4) is 0 Å². The van der Waals surface area contributed by atoms with Crippen molar-refractivity contribution >= 4 is 23.4 Å². The molecule has 0 aliphatic heterocycles. The number of nitrogens with two attached hydrogens (primary N) is 1. The highest BCUT2D eigenvalue weighted by molar-refractivity contribution is 6.04. The number of methoxy groups -OCH3 is 1. The molecule has 7 nitrogen and oxygen atoms in total. The molecule has 0 radical (unpaired) electrons. The predicted molar refractivity (Wildman–Crippen MR) is 97.9 cm³/mol. The molecule has 0 aromatic heterocycles. The van der Waals surface area contributed by atoms with Gasteiger partial charge in [-0.2, -0.15) is 0 Å². The molecule has 2 aromatic carbocycles. The first-order valence-electron chi connectivity index (χ1n) is 8.00. The highest BCUT2D eigenvalue weighted by Gasteiger charge is 2.21. The van der Waals surface area contributed by atoms with Gasteiger partial charge in [0, 0.05) is 13.3 Å². The Bertz CT molecular complexity index is 820. The highest BCUT2D eigenvalue weighted by atomic mass is 16.5. The second-order valence-corrected chi connectivity index (χ2v) is 5.71. The zero-order chi connectivity index (χ0) is 19.1. The largest absolute Gasteiger partial charge is 0.497 e. The topological polar surface area (TPSA) is 111 Å². The quantitative estimate of drug-likeness (QED) is 0.698. The van der Waals surface area contributed by atoms with E-state index in [0.29, 0.717) is 11.4 Å². The first-order chi connectivity index (χ1) is 12.4. The fraction of sp³-hybridized carbons (Fsp3) is 0.211. The summed E-state index contributed by atoms with van der Waals surface area (Å²) in [6, 6.07) is 12.8. The lowest BCUT2D eigenvalue weighted by molar-refractivity contribution is -0.119. The molecule has 0 fully saturated rings. The van der Waals surface area contributed by atoms with Crippen LogP contribution in [0, 0.1) is 0 Å². The summed E-state index contributed by atoms with van der Waals surface area (Å²) in [5, 5.41) is 5.22. The Morgan fingerprint density at radius 3 is 2.50 bits per heavy atom. The number of amides is 3. The van der Waals surface area contributed by atoms with Gasteiger partial charge in [-0.3, -0.25) is 14.4 Å². The second-order valence-electron chi connectivity index (χ2n) is 5.71. The van der Waals surface area contributed by atoms with E-state index in [9.17, 15) is 14.4 Å². The van der Waals surface area contributed by atoms with E-state index in [1.807, 2.05) is 6.07 Å². The number of benzene rings is 2. The van der Waals surface area contributed by atoms with Crippen molar-refractivity contribution in [2.45, 2.75) is 19.4 Å². The van der Waals surface area contributed by atoms with Crippen molar-refractivity contribution in [3.63, 3.8) is 0 Å². The van der Waals surface area contributed by atoms with E-state index >= 15 is 0 Å². The van der Waals surface area contributed by atoms with E-state index in [4.69, 9.17) is 10.5 Å². The van der Waals surface area contributed by atoms with E-state index < -0.39 is 17.9 Å². The molecule has 0 spiro atoms. The fourth-order valence-electron chi connectivity index (χ4n) is 2.47. The molecule has 2 rings (SSSR count). The molecule has 0 aliphatic carbocycles. The van der Waals surface area contributed by atoms with Gasteiger partial charge in [0.15, 0.2) is 0 Å². The summed E-state index contributed by atoms with van der Waals surface area (Å²) in [7, 11) is 1.55. The number of primary amides is 1. The summed E-state index contributed by atoms with van der Waals surface area (Å²) >= 11 is 0. The van der Waals surface area contributed by atoms with Crippen molar-refractivity contribution in [3.05, 3.63) is 59.7 Å². The van der Waals surface area contributed by atoms with Gasteiger partial charge in [0.2, 0.25) is 11.8 Å². The number of ether oxygens (including phenoxy) is 1. The first kappa shape index (κ1) is 19.0. The van der Waals surface area contributed by atoms with Crippen LogP contribution in [0.1, 0.15) is 22.8 Å². The third-order valence-electron chi connectivity index (χ3n) is 3.71. The Morgan fingerprint density at radius 1 is 1.12 bits per heavy atom. The molecule has 0 bridgehead atoms. The number of hydrogen-bond acceptors (Lipinski definition) is 4. The number of rotatable bonds is 7. The highest BCUT2D eigenvalue weighted by Crippen LogP contribution is 2.17. The predicted octanol–water partition coefficient (Wildman–Crippen LogP) is 1.48. The van der Waals surface area contributed by atoms with E-state index in [1.165, 1.54) is 6.92 Å². The summed E-state index contributed by atoms with van der Waals surface area (Å²) in [6.45, 7) is 1.35. The molecule has 7 heteroatoms. The van der Waals surface area contributed by atoms with Gasteiger partial charge in [0.25, 0.3) is 5.91 Å². The Hall–Kier alpha value is -3.35. The number of carbonyl (C=O) groups excluding carboxylic acids is 3. The fourth-order valence-corrected chi connectivity index (χ4v) is 2.47. The molecule has 0 aliphatic rings. The number of nitrogens with one attached hydrogen (secondary N) is 2. The van der Waals surface area contributed by atoms with E-state index in [1.54, 1.807) is 49.6 Å². The van der Waals surface area contributed by atoms with Gasteiger partial charge in [-0.15, -0.1) is 0 Å². The van der Waals surface area contributed by atoms with Crippen LogP contribution in [0.15, 0.2) is 48.5 Å². The number of carbonyl (C=O) groups is 3. The average Bonchev–Trinajstić information content (AvgIpc) is 2.61. The molecular weight excluding hydrogens is 334 g/mol. The van der Waals surface area contributed by atoms with Gasteiger partial charge in [0.1, 0.15) is 11.8 Å². The second kappa shape index (κ2) is 8.66. The normalized spacial score (nSPS) is 11.3. The molecule has 0 heterocycles. The maximum absolute atomic E-state index is 12.6. The van der Waals surface area contributed by atoms with Gasteiger partial charge in [0.05, 0.1) is 18.4 Å². The van der Waals surface area contributed by atoms with E-state index in [0.717, 1.165) is 5.56 Å². The molecule has 2 aromatic rings. The van der Waals surface area contributed by atoms with Crippen LogP contribution >= 0.6 is 0 Å². The monoisotopic (exact) mass is 355 g/mol. The standard InChI is InChI=1S/C19H21N3O4/c1-12(23)21-16-9-4-3-8-15(16)19(25)22-17(18(20)24)11-13-6-5-7-14(10-13)26-2/h3-10,17H,11H2,1-2H3,(H2,20,24)(H,21,23)(H,22,25)/t17-/m0/s1. The zero-order valence-electron chi connectivity index (χ0n) is 14.6. The molecule has 0 unspecified atom stereocenters. The summed E-state index contributed by atoms with van der Waals surface area (Å²) < 4.78 is 5.16. The molecule has 0 saturated heterocycles. The Labute approximate surface area is 151 Å². The molecule has 26 heavy (non-hydrogen) atoms. The van der Waals surface area contributed by atoms with Crippen LogP contribution in [0.2, 0.25) is 0 Å². The average molecular weight is 355 g/mol.